The Morgan fingerprint density at radius 1 is 1.50 bits per heavy atom. The molecule has 2 rings (SSSR count). The van der Waals surface area contributed by atoms with Crippen LogP contribution in [0.2, 0.25) is 0 Å². The molecule has 1 aromatic rings. The number of hydrogen-bond donors (Lipinski definition) is 1. The molecule has 1 aliphatic carbocycles. The molecule has 1 unspecified atom stereocenters. The van der Waals surface area contributed by atoms with Crippen LogP contribution in [0.25, 0.3) is 0 Å². The number of hydrogen-bond acceptors (Lipinski definition) is 2. The lowest BCUT2D eigenvalue weighted by Gasteiger charge is -2.14. The summed E-state index contributed by atoms with van der Waals surface area (Å²) >= 11 is 0. The maximum atomic E-state index is 5.99. The Hall–Kier alpha value is -0.830. The van der Waals surface area contributed by atoms with Gasteiger partial charge in [-0.1, -0.05) is 19.8 Å². The molecule has 0 saturated heterocycles. The monoisotopic (exact) mass is 221 g/mol. The largest absolute Gasteiger partial charge is 0.335 e. The fourth-order valence-corrected chi connectivity index (χ4v) is 2.55. The summed E-state index contributed by atoms with van der Waals surface area (Å²) in [4.78, 5) is 4.43. The maximum Gasteiger partial charge on any atom is 0.110 e. The average molecular weight is 221 g/mol. The van der Waals surface area contributed by atoms with Crippen LogP contribution in [-0.2, 0) is 13.0 Å². The van der Waals surface area contributed by atoms with Gasteiger partial charge in [0.1, 0.15) is 5.82 Å². The molecule has 1 saturated carbocycles. The van der Waals surface area contributed by atoms with Crippen molar-refractivity contribution in [1.29, 1.82) is 0 Å². The Kier molecular flexibility index (Phi) is 3.99. The van der Waals surface area contributed by atoms with E-state index in [1.807, 2.05) is 6.20 Å². The van der Waals surface area contributed by atoms with Gasteiger partial charge >= 0.3 is 0 Å². The number of nitrogens with zero attached hydrogens (tertiary/aromatic N) is 2. The summed E-state index contributed by atoms with van der Waals surface area (Å²) in [6, 6.07) is 0.254. The minimum Gasteiger partial charge on any atom is -0.335 e. The van der Waals surface area contributed by atoms with Crippen molar-refractivity contribution < 1.29 is 0 Å². The first kappa shape index (κ1) is 11.6. The molecule has 1 heterocycles. The second-order valence-electron chi connectivity index (χ2n) is 5.02. The lowest BCUT2D eigenvalue weighted by molar-refractivity contribution is 0.441. The van der Waals surface area contributed by atoms with Gasteiger partial charge in [-0.3, -0.25) is 0 Å². The normalized spacial score (nSPS) is 19.1. The van der Waals surface area contributed by atoms with Crippen LogP contribution in [0.1, 0.15) is 44.9 Å². The lowest BCUT2D eigenvalue weighted by Crippen LogP contribution is -2.24. The predicted octanol–water partition coefficient (Wildman–Crippen LogP) is 2.35. The minimum atomic E-state index is 0.254. The summed E-state index contributed by atoms with van der Waals surface area (Å²) in [6.07, 6.45) is 11.5. The van der Waals surface area contributed by atoms with Gasteiger partial charge in [0.05, 0.1) is 0 Å². The Morgan fingerprint density at radius 3 is 2.94 bits per heavy atom. The second kappa shape index (κ2) is 5.48. The van der Waals surface area contributed by atoms with E-state index in [0.29, 0.717) is 0 Å². The van der Waals surface area contributed by atoms with Crippen molar-refractivity contribution in [3.05, 3.63) is 18.2 Å². The highest BCUT2D eigenvalue weighted by Gasteiger charge is 2.17. The van der Waals surface area contributed by atoms with Gasteiger partial charge in [0.25, 0.3) is 0 Å². The zero-order valence-corrected chi connectivity index (χ0v) is 10.2. The number of rotatable bonds is 5. The van der Waals surface area contributed by atoms with Gasteiger partial charge in [0, 0.05) is 31.4 Å². The van der Waals surface area contributed by atoms with Crippen LogP contribution in [0, 0.1) is 5.92 Å². The molecule has 0 spiro atoms. The van der Waals surface area contributed by atoms with E-state index in [4.69, 9.17) is 5.73 Å². The number of aromatic nitrogens is 2. The van der Waals surface area contributed by atoms with Crippen LogP contribution in [0.5, 0.6) is 0 Å². The zero-order valence-electron chi connectivity index (χ0n) is 10.2. The van der Waals surface area contributed by atoms with Gasteiger partial charge in [-0.15, -0.1) is 0 Å². The van der Waals surface area contributed by atoms with Crippen LogP contribution in [0.15, 0.2) is 12.4 Å². The number of nitrogens with two attached hydrogens (primary N) is 1. The molecule has 3 nitrogen and oxygen atoms in total. The highest BCUT2D eigenvalue weighted by molar-refractivity contribution is 4.95. The van der Waals surface area contributed by atoms with E-state index in [-0.39, 0.29) is 6.04 Å². The quantitative estimate of drug-likeness (QED) is 0.829. The zero-order chi connectivity index (χ0) is 11.4. The molecular weight excluding hydrogens is 198 g/mol. The van der Waals surface area contributed by atoms with Crippen LogP contribution in [-0.4, -0.2) is 15.6 Å². The highest BCUT2D eigenvalue weighted by atomic mass is 15.1. The van der Waals surface area contributed by atoms with Gasteiger partial charge in [0.2, 0.25) is 0 Å². The molecule has 0 aliphatic heterocycles. The van der Waals surface area contributed by atoms with Gasteiger partial charge in [-0.05, 0) is 25.2 Å². The third kappa shape index (κ3) is 2.85. The summed E-state index contributed by atoms with van der Waals surface area (Å²) in [5.41, 5.74) is 5.99. The van der Waals surface area contributed by atoms with Crippen molar-refractivity contribution in [2.24, 2.45) is 11.7 Å². The van der Waals surface area contributed by atoms with E-state index in [2.05, 4.69) is 22.7 Å². The molecule has 2 N–H and O–H groups in total. The third-order valence-electron chi connectivity index (χ3n) is 3.70. The lowest BCUT2D eigenvalue weighted by atomic mass is 10.1. The highest BCUT2D eigenvalue weighted by Crippen LogP contribution is 2.26. The van der Waals surface area contributed by atoms with Crippen LogP contribution in [0.4, 0.5) is 0 Å². The summed E-state index contributed by atoms with van der Waals surface area (Å²) in [5.74, 6) is 2.03. The molecule has 0 bridgehead atoms. The smallest absolute Gasteiger partial charge is 0.110 e. The fourth-order valence-electron chi connectivity index (χ4n) is 2.55. The van der Waals surface area contributed by atoms with Crippen molar-refractivity contribution >= 4 is 0 Å². The molecule has 1 fully saturated rings. The maximum absolute atomic E-state index is 5.99. The van der Waals surface area contributed by atoms with E-state index in [0.717, 1.165) is 25.3 Å². The first-order chi connectivity index (χ1) is 7.79. The molecule has 3 heteroatoms. The minimum absolute atomic E-state index is 0.254. The van der Waals surface area contributed by atoms with E-state index in [1.54, 1.807) is 0 Å². The van der Waals surface area contributed by atoms with Crippen molar-refractivity contribution in [3.63, 3.8) is 0 Å². The molecular formula is C13H23N3. The van der Waals surface area contributed by atoms with E-state index < -0.39 is 0 Å². The third-order valence-corrected chi connectivity index (χ3v) is 3.70. The summed E-state index contributed by atoms with van der Waals surface area (Å²) < 4.78 is 2.31. The molecule has 0 amide bonds. The van der Waals surface area contributed by atoms with Crippen LogP contribution >= 0.6 is 0 Å². The summed E-state index contributed by atoms with van der Waals surface area (Å²) in [7, 11) is 0. The Bertz CT molecular complexity index is 313. The van der Waals surface area contributed by atoms with Crippen molar-refractivity contribution in [1.82, 2.24) is 9.55 Å². The summed E-state index contributed by atoms with van der Waals surface area (Å²) in [5, 5.41) is 0. The van der Waals surface area contributed by atoms with Crippen LogP contribution in [0.3, 0.4) is 0 Å². The van der Waals surface area contributed by atoms with Crippen molar-refractivity contribution in [2.45, 2.75) is 58.0 Å². The predicted molar refractivity (Wildman–Crippen MR) is 66.2 cm³/mol. The van der Waals surface area contributed by atoms with Gasteiger partial charge in [-0.25, -0.2) is 4.98 Å². The van der Waals surface area contributed by atoms with E-state index >= 15 is 0 Å². The summed E-state index contributed by atoms with van der Waals surface area (Å²) in [6.45, 7) is 3.28. The second-order valence-corrected chi connectivity index (χ2v) is 5.02. The van der Waals surface area contributed by atoms with E-state index in [1.165, 1.54) is 31.5 Å². The van der Waals surface area contributed by atoms with Crippen LogP contribution < -0.4 is 5.73 Å². The molecule has 1 aromatic heterocycles. The molecule has 16 heavy (non-hydrogen) atoms. The molecule has 1 atom stereocenters. The SMILES string of the molecule is CCC(N)Cc1nccn1CC1CCCC1. The number of imidazole rings is 1. The molecule has 1 aliphatic rings. The topological polar surface area (TPSA) is 43.8 Å². The van der Waals surface area contributed by atoms with Crippen molar-refractivity contribution in [2.75, 3.05) is 0 Å². The van der Waals surface area contributed by atoms with Gasteiger partial charge in [-0.2, -0.15) is 0 Å². The first-order valence-electron chi connectivity index (χ1n) is 6.55. The Labute approximate surface area is 98.1 Å². The fraction of sp³-hybridized carbons (Fsp3) is 0.769. The van der Waals surface area contributed by atoms with Gasteiger partial charge in [0.15, 0.2) is 0 Å². The average Bonchev–Trinajstić information content (AvgIpc) is 2.92. The van der Waals surface area contributed by atoms with Gasteiger partial charge < -0.3 is 10.3 Å². The van der Waals surface area contributed by atoms with E-state index in [9.17, 15) is 0 Å². The first-order valence-corrected chi connectivity index (χ1v) is 6.55. The Balaban J connectivity index is 1.95. The standard InChI is InChI=1S/C13H23N3/c1-2-12(14)9-13-15-7-8-16(13)10-11-5-3-4-6-11/h7-8,11-12H,2-6,9-10,14H2,1H3. The molecule has 0 aromatic carbocycles. The molecule has 0 radical (unpaired) electrons. The molecule has 90 valence electrons. The van der Waals surface area contributed by atoms with Crippen molar-refractivity contribution in [3.8, 4) is 0 Å². The Morgan fingerprint density at radius 2 is 2.25 bits per heavy atom.